The van der Waals surface area contributed by atoms with Crippen molar-refractivity contribution in [3.63, 3.8) is 0 Å². The molecule has 1 atom stereocenters. The summed E-state index contributed by atoms with van der Waals surface area (Å²) in [5, 5.41) is 20.2. The number of aliphatic hydroxyl groups excluding tert-OH is 1. The Hall–Kier alpha value is -2.59. The fourth-order valence-corrected chi connectivity index (χ4v) is 2.60. The van der Waals surface area contributed by atoms with E-state index in [0.29, 0.717) is 12.0 Å². The van der Waals surface area contributed by atoms with Crippen molar-refractivity contribution in [1.29, 1.82) is 5.41 Å². The molecule has 23 heavy (non-hydrogen) atoms. The summed E-state index contributed by atoms with van der Waals surface area (Å²) in [4.78, 5) is 0. The van der Waals surface area contributed by atoms with Gasteiger partial charge in [0.2, 0.25) is 0 Å². The lowest BCUT2D eigenvalue weighted by atomic mass is 10.1. The molecule has 3 aromatic rings. The second kappa shape index (κ2) is 6.67. The van der Waals surface area contributed by atoms with Crippen molar-refractivity contribution in [3.8, 4) is 5.75 Å². The van der Waals surface area contributed by atoms with E-state index in [9.17, 15) is 5.11 Å². The van der Waals surface area contributed by atoms with Gasteiger partial charge in [0.05, 0.1) is 6.54 Å². The fraction of sp³-hybridized carbons (Fsp3) is 0.211. The number of aliphatic hydroxyl groups is 1. The van der Waals surface area contributed by atoms with Crippen LogP contribution in [0.3, 0.4) is 0 Å². The van der Waals surface area contributed by atoms with E-state index in [1.54, 1.807) is 10.6 Å². The first-order valence-corrected chi connectivity index (χ1v) is 7.64. The number of pyridine rings is 1. The van der Waals surface area contributed by atoms with Crippen LogP contribution in [-0.4, -0.2) is 22.4 Å². The van der Waals surface area contributed by atoms with Gasteiger partial charge in [0.1, 0.15) is 23.9 Å². The van der Waals surface area contributed by atoms with Gasteiger partial charge in [0, 0.05) is 11.6 Å². The predicted molar refractivity (Wildman–Crippen MR) is 90.5 cm³/mol. The molecule has 118 valence electrons. The largest absolute Gasteiger partial charge is 0.490 e. The van der Waals surface area contributed by atoms with Gasteiger partial charge in [0.25, 0.3) is 0 Å². The first-order chi connectivity index (χ1) is 11.1. The van der Waals surface area contributed by atoms with Crippen LogP contribution in [0.2, 0.25) is 0 Å². The minimum absolute atomic E-state index is 0.189. The normalized spacial score (nSPS) is 12.3. The number of ether oxygens (including phenoxy) is 1. The highest BCUT2D eigenvalue weighted by Crippen LogP contribution is 2.25. The molecule has 4 nitrogen and oxygen atoms in total. The van der Waals surface area contributed by atoms with Gasteiger partial charge in [-0.05, 0) is 30.0 Å². The molecule has 0 aliphatic rings. The molecule has 3 rings (SSSR count). The zero-order valence-electron chi connectivity index (χ0n) is 13.1. The standard InChI is InChI=1S/C19H20N2O2/c1-14-9-10-19(20)21(11-14)12-16(22)13-23-18-8-4-6-15-5-2-3-7-17(15)18/h2-11,16,20,22H,12-13H2,1H3. The number of hydrogen-bond acceptors (Lipinski definition) is 3. The summed E-state index contributed by atoms with van der Waals surface area (Å²) in [6, 6.07) is 17.5. The van der Waals surface area contributed by atoms with Crippen LogP contribution in [0, 0.1) is 12.3 Å². The molecular weight excluding hydrogens is 288 g/mol. The summed E-state index contributed by atoms with van der Waals surface area (Å²) < 4.78 is 7.53. The van der Waals surface area contributed by atoms with Gasteiger partial charge in [-0.2, -0.15) is 0 Å². The minimum atomic E-state index is -0.676. The molecule has 4 heteroatoms. The molecule has 0 aliphatic heterocycles. The molecule has 1 unspecified atom stereocenters. The number of rotatable bonds is 5. The van der Waals surface area contributed by atoms with Gasteiger partial charge in [-0.3, -0.25) is 5.41 Å². The van der Waals surface area contributed by atoms with E-state index in [1.165, 1.54) is 0 Å². The smallest absolute Gasteiger partial charge is 0.127 e. The van der Waals surface area contributed by atoms with Crippen LogP contribution in [0.1, 0.15) is 5.56 Å². The highest BCUT2D eigenvalue weighted by molar-refractivity contribution is 5.88. The van der Waals surface area contributed by atoms with E-state index >= 15 is 0 Å². The zero-order chi connectivity index (χ0) is 16.2. The second-order valence-electron chi connectivity index (χ2n) is 5.69. The molecule has 0 fully saturated rings. The first kappa shape index (κ1) is 15.3. The Labute approximate surface area is 135 Å². The van der Waals surface area contributed by atoms with E-state index in [2.05, 4.69) is 0 Å². The van der Waals surface area contributed by atoms with Gasteiger partial charge in [-0.1, -0.05) is 42.5 Å². The molecule has 2 aromatic carbocycles. The number of benzene rings is 2. The molecule has 0 saturated heterocycles. The topological polar surface area (TPSA) is 58.2 Å². The average Bonchev–Trinajstić information content (AvgIpc) is 2.56. The van der Waals surface area contributed by atoms with Crippen LogP contribution in [0.25, 0.3) is 10.8 Å². The van der Waals surface area contributed by atoms with Crippen molar-refractivity contribution < 1.29 is 9.84 Å². The van der Waals surface area contributed by atoms with Crippen molar-refractivity contribution in [2.45, 2.75) is 19.6 Å². The van der Waals surface area contributed by atoms with Gasteiger partial charge < -0.3 is 14.4 Å². The van der Waals surface area contributed by atoms with Gasteiger partial charge in [-0.15, -0.1) is 0 Å². The molecule has 2 N–H and O–H groups in total. The van der Waals surface area contributed by atoms with Gasteiger partial charge >= 0.3 is 0 Å². The second-order valence-corrected chi connectivity index (χ2v) is 5.69. The maximum absolute atomic E-state index is 10.2. The average molecular weight is 308 g/mol. The highest BCUT2D eigenvalue weighted by Gasteiger charge is 2.08. The van der Waals surface area contributed by atoms with Crippen molar-refractivity contribution in [3.05, 3.63) is 71.8 Å². The number of nitrogens with one attached hydrogen (secondary N) is 1. The van der Waals surface area contributed by atoms with E-state index in [0.717, 1.165) is 22.1 Å². The summed E-state index contributed by atoms with van der Waals surface area (Å²) in [7, 11) is 0. The number of aryl methyl sites for hydroxylation is 1. The molecule has 0 amide bonds. The highest BCUT2D eigenvalue weighted by atomic mass is 16.5. The van der Waals surface area contributed by atoms with Crippen LogP contribution >= 0.6 is 0 Å². The van der Waals surface area contributed by atoms with E-state index in [1.807, 2.05) is 61.7 Å². The number of hydrogen-bond donors (Lipinski definition) is 2. The Morgan fingerprint density at radius 3 is 2.74 bits per heavy atom. The molecule has 1 heterocycles. The maximum atomic E-state index is 10.2. The van der Waals surface area contributed by atoms with Crippen LogP contribution in [0.15, 0.2) is 60.8 Å². The van der Waals surface area contributed by atoms with Gasteiger partial charge in [-0.25, -0.2) is 0 Å². The summed E-state index contributed by atoms with van der Waals surface area (Å²) in [5.74, 6) is 0.766. The third-order valence-electron chi connectivity index (χ3n) is 3.76. The SMILES string of the molecule is Cc1ccc(=N)n(CC(O)COc2cccc3ccccc23)c1. The molecule has 0 saturated carbocycles. The molecule has 0 aliphatic carbocycles. The lowest BCUT2D eigenvalue weighted by Crippen LogP contribution is -2.29. The predicted octanol–water partition coefficient (Wildman–Crippen LogP) is 2.87. The number of aromatic nitrogens is 1. The third-order valence-corrected chi connectivity index (χ3v) is 3.76. The van der Waals surface area contributed by atoms with Crippen molar-refractivity contribution in [1.82, 2.24) is 4.57 Å². The lowest BCUT2D eigenvalue weighted by Gasteiger charge is -2.16. The zero-order valence-corrected chi connectivity index (χ0v) is 13.1. The Morgan fingerprint density at radius 1 is 1.09 bits per heavy atom. The summed E-state index contributed by atoms with van der Waals surface area (Å²) in [6.07, 6.45) is 1.19. The lowest BCUT2D eigenvalue weighted by molar-refractivity contribution is 0.0919. The van der Waals surface area contributed by atoms with Crippen LogP contribution in [0.4, 0.5) is 0 Å². The third kappa shape index (κ3) is 3.60. The van der Waals surface area contributed by atoms with Crippen molar-refractivity contribution in [2.75, 3.05) is 6.61 Å². The van der Waals surface area contributed by atoms with Gasteiger partial charge in [0.15, 0.2) is 0 Å². The summed E-state index contributed by atoms with van der Waals surface area (Å²) in [6.45, 7) is 2.49. The van der Waals surface area contributed by atoms with Crippen LogP contribution in [0.5, 0.6) is 5.75 Å². The number of fused-ring (bicyclic) bond motifs is 1. The quantitative estimate of drug-likeness (QED) is 0.761. The fourth-order valence-electron chi connectivity index (χ4n) is 2.60. The molecule has 0 radical (unpaired) electrons. The van der Waals surface area contributed by atoms with Crippen molar-refractivity contribution in [2.24, 2.45) is 0 Å². The van der Waals surface area contributed by atoms with E-state index in [4.69, 9.17) is 10.1 Å². The molecular formula is C19H20N2O2. The summed E-state index contributed by atoms with van der Waals surface area (Å²) >= 11 is 0. The monoisotopic (exact) mass is 308 g/mol. The van der Waals surface area contributed by atoms with E-state index in [-0.39, 0.29) is 6.61 Å². The Bertz CT molecular complexity index is 865. The molecule has 0 spiro atoms. The number of nitrogens with zero attached hydrogens (tertiary/aromatic N) is 1. The molecule has 0 bridgehead atoms. The first-order valence-electron chi connectivity index (χ1n) is 7.64. The van der Waals surface area contributed by atoms with Crippen molar-refractivity contribution >= 4 is 10.8 Å². The Kier molecular flexibility index (Phi) is 4.44. The Morgan fingerprint density at radius 2 is 1.87 bits per heavy atom. The minimum Gasteiger partial charge on any atom is -0.490 e. The van der Waals surface area contributed by atoms with E-state index < -0.39 is 6.10 Å². The van der Waals surface area contributed by atoms with Crippen LogP contribution < -0.4 is 10.2 Å². The van der Waals surface area contributed by atoms with Crippen LogP contribution in [-0.2, 0) is 6.54 Å². The Balaban J connectivity index is 1.70. The maximum Gasteiger partial charge on any atom is 0.127 e. The summed E-state index contributed by atoms with van der Waals surface area (Å²) in [5.41, 5.74) is 1.43. The molecule has 1 aromatic heterocycles.